The van der Waals surface area contributed by atoms with Crippen LogP contribution in [0.25, 0.3) is 0 Å². The topological polar surface area (TPSA) is 95.5 Å². The van der Waals surface area contributed by atoms with Crippen LogP contribution in [0, 0.1) is 0 Å². The molecule has 0 aliphatic heterocycles. The molecule has 8 nitrogen and oxygen atoms in total. The summed E-state index contributed by atoms with van der Waals surface area (Å²) in [5.41, 5.74) is 3.91. The number of esters is 1. The molecule has 1 N–H and O–H groups in total. The standard InChI is InChI=1S/C24H22N2O6/c1-29-19-9-5-17(6-10-19)23(27)26-25-15-16-4-13-21(22(14-16)31-3)32-24(28)18-7-11-20(30-2)12-8-18/h4-15H,1-3H3,(H,26,27). The molecule has 0 fully saturated rings. The fourth-order valence-electron chi connectivity index (χ4n) is 2.71. The zero-order valence-electron chi connectivity index (χ0n) is 17.8. The molecule has 0 radical (unpaired) electrons. The first-order chi connectivity index (χ1) is 15.5. The molecule has 0 aliphatic rings. The van der Waals surface area contributed by atoms with Crippen molar-refractivity contribution < 1.29 is 28.5 Å². The van der Waals surface area contributed by atoms with E-state index in [1.165, 1.54) is 13.3 Å². The van der Waals surface area contributed by atoms with Gasteiger partial charge in [0.25, 0.3) is 5.91 Å². The molecule has 0 bridgehead atoms. The molecule has 3 aromatic rings. The van der Waals surface area contributed by atoms with Gasteiger partial charge in [0, 0.05) is 5.56 Å². The predicted octanol–water partition coefficient (Wildman–Crippen LogP) is 3.70. The van der Waals surface area contributed by atoms with Gasteiger partial charge in [-0.05, 0) is 72.3 Å². The summed E-state index contributed by atoms with van der Waals surface area (Å²) in [6, 6.07) is 18.1. The molecule has 0 unspecified atom stereocenters. The van der Waals surface area contributed by atoms with Crippen LogP contribution in [0.4, 0.5) is 0 Å². The number of carbonyl (C=O) groups is 2. The average molecular weight is 434 g/mol. The first kappa shape index (κ1) is 22.4. The van der Waals surface area contributed by atoms with E-state index in [2.05, 4.69) is 10.5 Å². The number of hydrogen-bond donors (Lipinski definition) is 1. The van der Waals surface area contributed by atoms with Crippen molar-refractivity contribution in [3.05, 3.63) is 83.4 Å². The SMILES string of the molecule is COc1ccc(C(=O)NN=Cc2ccc(OC(=O)c3ccc(OC)cc3)c(OC)c2)cc1. The second-order valence-electron chi connectivity index (χ2n) is 6.46. The molecule has 1 amide bonds. The minimum absolute atomic E-state index is 0.257. The third kappa shape index (κ3) is 5.63. The third-order valence-electron chi connectivity index (χ3n) is 4.45. The van der Waals surface area contributed by atoms with E-state index in [0.29, 0.717) is 33.9 Å². The van der Waals surface area contributed by atoms with Gasteiger partial charge in [-0.25, -0.2) is 10.2 Å². The Bertz CT molecular complexity index is 1110. The van der Waals surface area contributed by atoms with Gasteiger partial charge in [-0.2, -0.15) is 5.10 Å². The van der Waals surface area contributed by atoms with E-state index in [4.69, 9.17) is 18.9 Å². The van der Waals surface area contributed by atoms with Crippen LogP contribution in [-0.4, -0.2) is 39.4 Å². The maximum atomic E-state index is 12.4. The Morgan fingerprint density at radius 1 is 0.750 bits per heavy atom. The summed E-state index contributed by atoms with van der Waals surface area (Å²) in [6.45, 7) is 0. The van der Waals surface area contributed by atoms with Crippen LogP contribution in [0.15, 0.2) is 71.8 Å². The highest BCUT2D eigenvalue weighted by molar-refractivity contribution is 5.95. The predicted molar refractivity (Wildman–Crippen MR) is 119 cm³/mol. The molecular formula is C24H22N2O6. The molecule has 164 valence electrons. The molecule has 32 heavy (non-hydrogen) atoms. The van der Waals surface area contributed by atoms with Crippen LogP contribution < -0.4 is 24.4 Å². The number of ether oxygens (including phenoxy) is 4. The number of methoxy groups -OCH3 is 3. The van der Waals surface area contributed by atoms with Gasteiger partial charge < -0.3 is 18.9 Å². The molecule has 3 aromatic carbocycles. The maximum Gasteiger partial charge on any atom is 0.343 e. The number of amides is 1. The van der Waals surface area contributed by atoms with Crippen molar-refractivity contribution in [3.8, 4) is 23.0 Å². The average Bonchev–Trinajstić information content (AvgIpc) is 2.84. The van der Waals surface area contributed by atoms with Gasteiger partial charge >= 0.3 is 5.97 Å². The van der Waals surface area contributed by atoms with Gasteiger partial charge in [0.15, 0.2) is 11.5 Å². The van der Waals surface area contributed by atoms with Gasteiger partial charge in [-0.1, -0.05) is 0 Å². The van der Waals surface area contributed by atoms with E-state index in [1.807, 2.05) is 0 Å². The fourth-order valence-corrected chi connectivity index (χ4v) is 2.71. The summed E-state index contributed by atoms with van der Waals surface area (Å²) < 4.78 is 20.9. The first-order valence-corrected chi connectivity index (χ1v) is 9.55. The van der Waals surface area contributed by atoms with Crippen LogP contribution in [-0.2, 0) is 0 Å². The van der Waals surface area contributed by atoms with Crippen molar-refractivity contribution in [2.45, 2.75) is 0 Å². The van der Waals surface area contributed by atoms with Crippen LogP contribution in [0.2, 0.25) is 0 Å². The van der Waals surface area contributed by atoms with Crippen molar-refractivity contribution >= 4 is 18.1 Å². The first-order valence-electron chi connectivity index (χ1n) is 9.55. The van der Waals surface area contributed by atoms with Crippen LogP contribution in [0.1, 0.15) is 26.3 Å². The number of nitrogens with zero attached hydrogens (tertiary/aromatic N) is 1. The summed E-state index contributed by atoms with van der Waals surface area (Å²) in [6.07, 6.45) is 1.46. The minimum atomic E-state index is -0.529. The zero-order valence-corrected chi connectivity index (χ0v) is 17.8. The van der Waals surface area contributed by atoms with Gasteiger partial charge in [-0.3, -0.25) is 4.79 Å². The summed E-state index contributed by atoms with van der Waals surface area (Å²) in [5.74, 6) is 1.01. The Labute approximate surface area is 185 Å². The summed E-state index contributed by atoms with van der Waals surface area (Å²) >= 11 is 0. The van der Waals surface area contributed by atoms with Crippen molar-refractivity contribution in [1.82, 2.24) is 5.43 Å². The Balaban J connectivity index is 1.64. The van der Waals surface area contributed by atoms with Crippen molar-refractivity contribution in [2.75, 3.05) is 21.3 Å². The molecule has 0 spiro atoms. The normalized spacial score (nSPS) is 10.5. The molecule has 0 saturated heterocycles. The van der Waals surface area contributed by atoms with Crippen molar-refractivity contribution in [3.63, 3.8) is 0 Å². The minimum Gasteiger partial charge on any atom is -0.497 e. The highest BCUT2D eigenvalue weighted by Crippen LogP contribution is 2.28. The zero-order chi connectivity index (χ0) is 22.9. The molecule has 8 heteroatoms. The van der Waals surface area contributed by atoms with Gasteiger partial charge in [0.05, 0.1) is 33.1 Å². The lowest BCUT2D eigenvalue weighted by atomic mass is 10.2. The number of benzene rings is 3. The van der Waals surface area contributed by atoms with Gasteiger partial charge in [0.2, 0.25) is 0 Å². The highest BCUT2D eigenvalue weighted by Gasteiger charge is 2.13. The second kappa shape index (κ2) is 10.6. The Morgan fingerprint density at radius 3 is 1.91 bits per heavy atom. The lowest BCUT2D eigenvalue weighted by Crippen LogP contribution is -2.17. The molecule has 0 aromatic heterocycles. The lowest BCUT2D eigenvalue weighted by molar-refractivity contribution is 0.0729. The largest absolute Gasteiger partial charge is 0.497 e. The molecule has 0 aliphatic carbocycles. The Kier molecular flexibility index (Phi) is 7.42. The van der Waals surface area contributed by atoms with Crippen molar-refractivity contribution in [2.24, 2.45) is 5.10 Å². The number of hydrogen-bond acceptors (Lipinski definition) is 7. The van der Waals surface area contributed by atoms with Crippen LogP contribution >= 0.6 is 0 Å². The molecule has 0 atom stereocenters. The third-order valence-corrected chi connectivity index (χ3v) is 4.45. The number of nitrogens with one attached hydrogen (secondary N) is 1. The summed E-state index contributed by atoms with van der Waals surface area (Å²) in [7, 11) is 4.57. The van der Waals surface area contributed by atoms with E-state index >= 15 is 0 Å². The smallest absolute Gasteiger partial charge is 0.343 e. The quantitative estimate of drug-likeness (QED) is 0.251. The van der Waals surface area contributed by atoms with E-state index in [9.17, 15) is 9.59 Å². The molecule has 3 rings (SSSR count). The van der Waals surface area contributed by atoms with Crippen molar-refractivity contribution in [1.29, 1.82) is 0 Å². The van der Waals surface area contributed by atoms with E-state index < -0.39 is 5.97 Å². The molecule has 0 heterocycles. The Hall–Kier alpha value is -4.33. The van der Waals surface area contributed by atoms with E-state index in [1.54, 1.807) is 80.9 Å². The van der Waals surface area contributed by atoms with E-state index in [0.717, 1.165) is 0 Å². The Morgan fingerprint density at radius 2 is 1.34 bits per heavy atom. The maximum absolute atomic E-state index is 12.4. The highest BCUT2D eigenvalue weighted by atomic mass is 16.6. The molecule has 0 saturated carbocycles. The van der Waals surface area contributed by atoms with Crippen LogP contribution in [0.3, 0.4) is 0 Å². The summed E-state index contributed by atoms with van der Waals surface area (Å²) in [5, 5.41) is 3.96. The van der Waals surface area contributed by atoms with E-state index in [-0.39, 0.29) is 11.7 Å². The van der Waals surface area contributed by atoms with Gasteiger partial charge in [0.1, 0.15) is 11.5 Å². The summed E-state index contributed by atoms with van der Waals surface area (Å²) in [4.78, 5) is 24.5. The number of hydrazone groups is 1. The number of rotatable bonds is 8. The lowest BCUT2D eigenvalue weighted by Gasteiger charge is -2.10. The second-order valence-corrected chi connectivity index (χ2v) is 6.46. The van der Waals surface area contributed by atoms with Crippen LogP contribution in [0.5, 0.6) is 23.0 Å². The monoisotopic (exact) mass is 434 g/mol. The van der Waals surface area contributed by atoms with Gasteiger partial charge in [-0.15, -0.1) is 0 Å². The fraction of sp³-hybridized carbons (Fsp3) is 0.125. The molecular weight excluding hydrogens is 412 g/mol. The number of carbonyl (C=O) groups excluding carboxylic acids is 2.